The summed E-state index contributed by atoms with van der Waals surface area (Å²) in [7, 11) is 0. The smallest absolute Gasteiger partial charge is 0.260 e. The van der Waals surface area contributed by atoms with Crippen LogP contribution in [-0.2, 0) is 4.79 Å². The average Bonchev–Trinajstić information content (AvgIpc) is 2.80. The summed E-state index contributed by atoms with van der Waals surface area (Å²) in [6, 6.07) is 9.86. The zero-order chi connectivity index (χ0) is 23.4. The van der Waals surface area contributed by atoms with Crippen molar-refractivity contribution in [3.05, 3.63) is 58.1 Å². The third kappa shape index (κ3) is 5.43. The number of nitrogen functional groups attached to an aromatic ring is 1. The molecule has 4 N–H and O–H groups in total. The Balaban J connectivity index is 1.51. The number of rotatable bonds is 7. The molecule has 1 saturated heterocycles. The first kappa shape index (κ1) is 24.1. The number of hydrogen-bond donors (Lipinski definition) is 3. The van der Waals surface area contributed by atoms with Gasteiger partial charge in [-0.1, -0.05) is 30.3 Å². The quantitative estimate of drug-likeness (QED) is 0.574. The number of carbonyl (C=O) groups is 1. The Morgan fingerprint density at radius 2 is 1.66 bits per heavy atom. The van der Waals surface area contributed by atoms with E-state index in [9.17, 15) is 9.90 Å². The predicted molar refractivity (Wildman–Crippen MR) is 129 cm³/mol. The van der Waals surface area contributed by atoms with Crippen molar-refractivity contribution in [2.75, 3.05) is 25.4 Å². The zero-order valence-electron chi connectivity index (χ0n) is 19.9. The van der Waals surface area contributed by atoms with Gasteiger partial charge in [-0.05, 0) is 75.3 Å². The number of ether oxygens (including phenoxy) is 1. The Morgan fingerprint density at radius 3 is 2.22 bits per heavy atom. The van der Waals surface area contributed by atoms with E-state index in [2.05, 4.69) is 10.2 Å². The van der Waals surface area contributed by atoms with Crippen molar-refractivity contribution in [2.45, 2.75) is 65.7 Å². The van der Waals surface area contributed by atoms with Gasteiger partial charge in [0.05, 0.1) is 6.10 Å². The fraction of sp³-hybridized carbons (Fsp3) is 0.500. The molecule has 0 aromatic heterocycles. The molecule has 6 heteroatoms. The van der Waals surface area contributed by atoms with Crippen LogP contribution in [0.3, 0.4) is 0 Å². The van der Waals surface area contributed by atoms with Crippen LogP contribution in [0.4, 0.5) is 5.69 Å². The zero-order valence-corrected chi connectivity index (χ0v) is 19.9. The fourth-order valence-electron chi connectivity index (χ4n) is 4.32. The highest BCUT2D eigenvalue weighted by Gasteiger charge is 2.26. The van der Waals surface area contributed by atoms with Crippen molar-refractivity contribution in [1.29, 1.82) is 0 Å². The number of nitrogens with zero attached hydrogens (tertiary/aromatic N) is 1. The number of aliphatic hydroxyl groups excluding tert-OH is 1. The van der Waals surface area contributed by atoms with Gasteiger partial charge in [-0.3, -0.25) is 4.79 Å². The van der Waals surface area contributed by atoms with Crippen LogP contribution in [0.1, 0.15) is 53.7 Å². The van der Waals surface area contributed by atoms with Crippen molar-refractivity contribution in [1.82, 2.24) is 10.2 Å². The molecule has 0 bridgehead atoms. The molecule has 1 heterocycles. The lowest BCUT2D eigenvalue weighted by molar-refractivity contribution is -0.128. The number of hydrogen-bond acceptors (Lipinski definition) is 5. The molecule has 1 aliphatic heterocycles. The number of likely N-dealkylation sites (tertiary alicyclic amines) is 1. The normalized spacial score (nSPS) is 17.1. The first-order valence-electron chi connectivity index (χ1n) is 11.5. The molecule has 2 unspecified atom stereocenters. The molecule has 0 saturated carbocycles. The van der Waals surface area contributed by atoms with E-state index in [1.165, 1.54) is 0 Å². The van der Waals surface area contributed by atoms with E-state index in [-0.39, 0.29) is 11.9 Å². The van der Waals surface area contributed by atoms with Gasteiger partial charge in [-0.15, -0.1) is 0 Å². The van der Waals surface area contributed by atoms with E-state index in [0.29, 0.717) is 6.54 Å². The fourth-order valence-corrected chi connectivity index (χ4v) is 4.32. The maximum atomic E-state index is 12.8. The molecule has 0 aliphatic carbocycles. The molecule has 174 valence electrons. The summed E-state index contributed by atoms with van der Waals surface area (Å²) >= 11 is 0. The molecule has 1 fully saturated rings. The van der Waals surface area contributed by atoms with E-state index in [4.69, 9.17) is 10.5 Å². The van der Waals surface area contributed by atoms with Gasteiger partial charge < -0.3 is 25.8 Å². The number of anilines is 1. The number of carbonyl (C=O) groups excluding carboxylic acids is 1. The first-order valence-corrected chi connectivity index (χ1v) is 11.5. The Hall–Kier alpha value is -2.57. The van der Waals surface area contributed by atoms with Gasteiger partial charge in [0.15, 0.2) is 6.10 Å². The summed E-state index contributed by atoms with van der Waals surface area (Å²) in [5.74, 6) is 0.653. The van der Waals surface area contributed by atoms with Crippen LogP contribution in [-0.4, -0.2) is 47.7 Å². The molecule has 3 rings (SSSR count). The van der Waals surface area contributed by atoms with E-state index >= 15 is 0 Å². The highest BCUT2D eigenvalue weighted by molar-refractivity contribution is 5.81. The van der Waals surface area contributed by atoms with Gasteiger partial charge in [0.2, 0.25) is 0 Å². The van der Waals surface area contributed by atoms with Crippen LogP contribution in [0.15, 0.2) is 30.3 Å². The molecule has 0 spiro atoms. The summed E-state index contributed by atoms with van der Waals surface area (Å²) in [4.78, 5) is 15.1. The number of nitrogens with two attached hydrogens (primary N) is 1. The predicted octanol–water partition coefficient (Wildman–Crippen LogP) is 3.58. The SMILES string of the molecule is Cc1c(C)c(OC(C)C(=O)NC2CCN(CC(O)c3ccccc3)CC2)c(C)c(C)c1N. The van der Waals surface area contributed by atoms with Crippen LogP contribution in [0.2, 0.25) is 0 Å². The van der Waals surface area contributed by atoms with E-state index < -0.39 is 12.2 Å². The van der Waals surface area contributed by atoms with E-state index in [0.717, 1.165) is 65.2 Å². The Bertz CT molecular complexity index is 908. The molecule has 0 radical (unpaired) electrons. The van der Waals surface area contributed by atoms with Crippen LogP contribution in [0.25, 0.3) is 0 Å². The third-order valence-electron chi connectivity index (χ3n) is 6.83. The van der Waals surface area contributed by atoms with Gasteiger partial charge in [0.1, 0.15) is 5.75 Å². The molecule has 2 aromatic rings. The maximum absolute atomic E-state index is 12.8. The Morgan fingerprint density at radius 1 is 1.09 bits per heavy atom. The number of amides is 1. The van der Waals surface area contributed by atoms with Crippen molar-refractivity contribution >= 4 is 11.6 Å². The average molecular weight is 440 g/mol. The minimum atomic E-state index is -0.590. The number of piperidine rings is 1. The Kier molecular flexibility index (Phi) is 7.80. The van der Waals surface area contributed by atoms with E-state index in [1.807, 2.05) is 58.0 Å². The molecule has 2 aromatic carbocycles. The van der Waals surface area contributed by atoms with E-state index in [1.54, 1.807) is 6.92 Å². The van der Waals surface area contributed by atoms with Crippen LogP contribution in [0.5, 0.6) is 5.75 Å². The molecule has 1 amide bonds. The second kappa shape index (κ2) is 10.4. The topological polar surface area (TPSA) is 87.8 Å². The summed E-state index contributed by atoms with van der Waals surface area (Å²) in [6.45, 7) is 12.0. The van der Waals surface area contributed by atoms with Gasteiger partial charge in [-0.2, -0.15) is 0 Å². The van der Waals surface area contributed by atoms with Crippen molar-refractivity contribution in [3.8, 4) is 5.75 Å². The lowest BCUT2D eigenvalue weighted by Crippen LogP contribution is -2.48. The number of benzene rings is 2. The van der Waals surface area contributed by atoms with Crippen molar-refractivity contribution in [2.24, 2.45) is 0 Å². The van der Waals surface area contributed by atoms with Gasteiger partial charge in [0.25, 0.3) is 5.91 Å². The standard InChI is InChI=1S/C26H37N3O3/c1-16-18(3)25(19(4)17(2)24(16)27)32-20(5)26(31)28-22-11-13-29(14-12-22)15-23(30)21-9-7-6-8-10-21/h6-10,20,22-23,30H,11-15,27H2,1-5H3,(H,28,31). The minimum absolute atomic E-state index is 0.0984. The molecule has 2 atom stereocenters. The molecular weight excluding hydrogens is 402 g/mol. The summed E-state index contributed by atoms with van der Waals surface area (Å²) in [5.41, 5.74) is 11.9. The molecule has 6 nitrogen and oxygen atoms in total. The van der Waals surface area contributed by atoms with Crippen molar-refractivity contribution < 1.29 is 14.6 Å². The minimum Gasteiger partial charge on any atom is -0.480 e. The van der Waals surface area contributed by atoms with Gasteiger partial charge in [-0.25, -0.2) is 0 Å². The monoisotopic (exact) mass is 439 g/mol. The molecule has 1 aliphatic rings. The first-order chi connectivity index (χ1) is 15.2. The van der Waals surface area contributed by atoms with Crippen LogP contribution >= 0.6 is 0 Å². The van der Waals surface area contributed by atoms with Crippen LogP contribution in [0, 0.1) is 27.7 Å². The number of β-amino-alcohol motifs (C(OH)–C–C–N with tert-alkyl or cyclic N) is 1. The second-order valence-corrected chi connectivity index (χ2v) is 9.01. The summed E-state index contributed by atoms with van der Waals surface area (Å²) < 4.78 is 6.11. The summed E-state index contributed by atoms with van der Waals surface area (Å²) in [6.07, 6.45) is 0.637. The lowest BCUT2D eigenvalue weighted by Gasteiger charge is -2.34. The Labute approximate surface area is 191 Å². The van der Waals surface area contributed by atoms with Crippen LogP contribution < -0.4 is 15.8 Å². The van der Waals surface area contributed by atoms with Gasteiger partial charge in [0, 0.05) is 31.4 Å². The number of aliphatic hydroxyl groups is 1. The third-order valence-corrected chi connectivity index (χ3v) is 6.83. The second-order valence-electron chi connectivity index (χ2n) is 9.01. The highest BCUT2D eigenvalue weighted by Crippen LogP contribution is 2.34. The van der Waals surface area contributed by atoms with Crippen molar-refractivity contribution in [3.63, 3.8) is 0 Å². The molecule has 32 heavy (non-hydrogen) atoms. The number of nitrogens with one attached hydrogen (secondary N) is 1. The summed E-state index contributed by atoms with van der Waals surface area (Å²) in [5, 5.41) is 13.6. The molecular formula is C26H37N3O3. The maximum Gasteiger partial charge on any atom is 0.260 e. The lowest BCUT2D eigenvalue weighted by atomic mass is 9.97. The highest BCUT2D eigenvalue weighted by atomic mass is 16.5. The van der Waals surface area contributed by atoms with Gasteiger partial charge >= 0.3 is 0 Å². The largest absolute Gasteiger partial charge is 0.480 e.